The van der Waals surface area contributed by atoms with Crippen molar-refractivity contribution in [1.82, 2.24) is 0 Å². The minimum atomic E-state index is -0.913. The minimum Gasteiger partial charge on any atom is -0.497 e. The topological polar surface area (TPSA) is 52.6 Å². The number of alkyl halides is 4. The second kappa shape index (κ2) is 33.3. The SMILES string of the molecule is COc1ccc(CC(F)CCCC(C(=O)C(CCCC(F)Cc2ccc(OC)cc2)C23CCC(CC2)CC3)C23CCC(CC2)CC3)cc1.O=C(C(CCCC(Cl)Cc1ccc(F)cc1)C12CCC(CC1)CC2)C(CCCC(Cl)Cc1ccc(F)cc1)C12CCC(CC1)CC2. The van der Waals surface area contributed by atoms with Crippen molar-refractivity contribution >= 4 is 34.8 Å². The Morgan fingerprint density at radius 3 is 0.830 bits per heavy atom. The van der Waals surface area contributed by atoms with Gasteiger partial charge >= 0.3 is 0 Å². The van der Waals surface area contributed by atoms with Crippen molar-refractivity contribution in [2.75, 3.05) is 14.2 Å². The molecule has 10 heteroatoms. The summed E-state index contributed by atoms with van der Waals surface area (Å²) in [5, 5.41) is -0.0174. The van der Waals surface area contributed by atoms with Crippen molar-refractivity contribution in [3.63, 3.8) is 0 Å². The Kier molecular flexibility index (Phi) is 25.3. The van der Waals surface area contributed by atoms with Crippen LogP contribution in [0, 0.1) is 80.6 Å². The quantitative estimate of drug-likeness (QED) is 0.0345. The molecule has 4 aromatic rings. The van der Waals surface area contributed by atoms with E-state index in [1.165, 1.54) is 140 Å². The molecule has 94 heavy (non-hydrogen) atoms. The molecule has 16 rings (SSSR count). The molecule has 4 aromatic carbocycles. The van der Waals surface area contributed by atoms with Crippen LogP contribution in [0.1, 0.15) is 253 Å². The van der Waals surface area contributed by atoms with Gasteiger partial charge in [-0.1, -0.05) is 61.4 Å². The van der Waals surface area contributed by atoms with Gasteiger partial charge in [0.15, 0.2) is 0 Å². The summed E-state index contributed by atoms with van der Waals surface area (Å²) in [5.74, 6) is 5.93. The van der Waals surface area contributed by atoms with Crippen LogP contribution in [-0.4, -0.2) is 48.9 Å². The van der Waals surface area contributed by atoms with Crippen molar-refractivity contribution in [2.24, 2.45) is 69.0 Å². The summed E-state index contributed by atoms with van der Waals surface area (Å²) in [6.07, 6.45) is 39.8. The molecule has 0 aromatic heterocycles. The van der Waals surface area contributed by atoms with Crippen LogP contribution in [-0.2, 0) is 35.3 Å². The zero-order valence-electron chi connectivity index (χ0n) is 57.4. The average molecular weight is 1330 g/mol. The predicted octanol–water partition coefficient (Wildman–Crippen LogP) is 23.3. The number of rotatable bonds is 34. The highest BCUT2D eigenvalue weighted by Gasteiger charge is 2.56. The van der Waals surface area contributed by atoms with Crippen LogP contribution in [0.2, 0.25) is 0 Å². The van der Waals surface area contributed by atoms with Gasteiger partial charge in [-0.25, -0.2) is 17.6 Å². The molecule has 0 N–H and O–H groups in total. The molecule has 8 atom stereocenters. The van der Waals surface area contributed by atoms with Gasteiger partial charge in [0, 0.05) is 47.3 Å². The maximum Gasteiger partial charge on any atom is 0.140 e. The van der Waals surface area contributed by atoms with Crippen LogP contribution >= 0.6 is 23.2 Å². The van der Waals surface area contributed by atoms with Gasteiger partial charge in [-0.15, -0.1) is 23.2 Å². The number of Topliss-reactive ketones (excluding diaryl/α,β-unsaturated/α-hetero) is 2. The average Bonchev–Trinajstić information content (AvgIpc) is 0.756. The normalized spacial score (nSPS) is 29.3. The molecule has 12 aliphatic carbocycles. The molecular formula is C84H114Cl2F4O4. The zero-order valence-corrected chi connectivity index (χ0v) is 58.9. The number of carbonyl (C=O) groups is 2. The van der Waals surface area contributed by atoms with E-state index in [1.807, 2.05) is 72.8 Å². The van der Waals surface area contributed by atoms with Gasteiger partial charge in [0.25, 0.3) is 0 Å². The van der Waals surface area contributed by atoms with E-state index >= 15 is 18.4 Å². The van der Waals surface area contributed by atoms with Crippen LogP contribution in [0.3, 0.4) is 0 Å². The number of methoxy groups -OCH3 is 2. The first-order valence-electron chi connectivity index (χ1n) is 37.9. The maximum absolute atomic E-state index is 15.4. The van der Waals surface area contributed by atoms with Gasteiger partial charge < -0.3 is 9.47 Å². The molecule has 12 aliphatic rings. The number of ketones is 2. The van der Waals surface area contributed by atoms with E-state index in [0.29, 0.717) is 37.2 Å². The summed E-state index contributed by atoms with van der Waals surface area (Å²) in [4.78, 5) is 30.5. The Morgan fingerprint density at radius 2 is 0.585 bits per heavy atom. The molecule has 0 amide bonds. The standard InChI is InChI=1S/C43H60F2O3.C41H54Cl2F2O/c1-47-37-13-9-33(10-14-37)29-35(44)5-3-7-39(42-23-17-31(18-24-42)19-25-42)41(46)40(43-26-20-32(21-27-43)22-28-43)8-4-6-36(45)30-34-11-15-38(48-2)16-12-34;42-33(27-31-7-11-35(44)12-8-31)3-1-5-37(40-21-15-29(16-22-40)17-23-40)39(46)38(41-24-18-30(19-25-41)20-26-41)6-2-4-34(43)28-32-9-13-36(45)14-10-32/h9-16,31-32,35-36,39-40H,3-8,17-30H2,1-2H3;7-14,29-30,33-34,37-38H,1-6,15-28H2. The monoisotopic (exact) mass is 1330 g/mol. The molecule has 0 radical (unpaired) electrons. The van der Waals surface area contributed by atoms with Gasteiger partial charge in [-0.3, -0.25) is 9.59 Å². The molecule has 0 heterocycles. The van der Waals surface area contributed by atoms with Crippen molar-refractivity contribution < 1.29 is 36.6 Å². The molecule has 8 unspecified atom stereocenters. The third-order valence-electron chi connectivity index (χ3n) is 27.0. The number of fused-ring (bicyclic) bond motifs is 12. The van der Waals surface area contributed by atoms with E-state index in [2.05, 4.69) is 0 Å². The van der Waals surface area contributed by atoms with Crippen LogP contribution in [0.5, 0.6) is 11.5 Å². The summed E-state index contributed by atoms with van der Waals surface area (Å²) >= 11 is 13.7. The van der Waals surface area contributed by atoms with E-state index in [9.17, 15) is 8.78 Å². The maximum atomic E-state index is 15.4. The largest absolute Gasteiger partial charge is 0.497 e. The fourth-order valence-corrected chi connectivity index (χ4v) is 21.7. The predicted molar refractivity (Wildman–Crippen MR) is 377 cm³/mol. The fraction of sp³-hybridized carbons (Fsp3) is 0.690. The lowest BCUT2D eigenvalue weighted by Gasteiger charge is -2.55. The van der Waals surface area contributed by atoms with Gasteiger partial charge in [0.05, 0.1) is 14.2 Å². The van der Waals surface area contributed by atoms with Crippen LogP contribution < -0.4 is 9.47 Å². The van der Waals surface area contributed by atoms with Gasteiger partial charge in [0.2, 0.25) is 0 Å². The number of benzene rings is 4. The van der Waals surface area contributed by atoms with Gasteiger partial charge in [-0.05, 0) is 347 Å². The third-order valence-corrected chi connectivity index (χ3v) is 27.7. The van der Waals surface area contributed by atoms with Crippen molar-refractivity contribution in [3.8, 4) is 11.5 Å². The van der Waals surface area contributed by atoms with Crippen molar-refractivity contribution in [3.05, 3.63) is 131 Å². The van der Waals surface area contributed by atoms with E-state index in [4.69, 9.17) is 32.7 Å². The van der Waals surface area contributed by atoms with E-state index in [1.54, 1.807) is 14.2 Å². The highest BCUT2D eigenvalue weighted by atomic mass is 35.5. The van der Waals surface area contributed by atoms with Crippen molar-refractivity contribution in [1.29, 1.82) is 0 Å². The molecule has 4 nitrogen and oxygen atoms in total. The molecule has 516 valence electrons. The van der Waals surface area contributed by atoms with E-state index in [-0.39, 0.29) is 67.7 Å². The Labute approximate surface area is 573 Å². The second-order valence-electron chi connectivity index (χ2n) is 32.3. The van der Waals surface area contributed by atoms with E-state index in [0.717, 1.165) is 173 Å². The molecule has 0 spiro atoms. The number of ether oxygens (including phenoxy) is 2. The lowest BCUT2D eigenvalue weighted by molar-refractivity contribution is -0.145. The zero-order chi connectivity index (χ0) is 65.7. The first-order chi connectivity index (χ1) is 45.5. The van der Waals surface area contributed by atoms with E-state index < -0.39 is 12.3 Å². The highest BCUT2D eigenvalue weighted by molar-refractivity contribution is 6.21. The lowest BCUT2D eigenvalue weighted by Crippen LogP contribution is -2.50. The Morgan fingerprint density at radius 1 is 0.362 bits per heavy atom. The number of hydrogen-bond donors (Lipinski definition) is 0. The minimum absolute atomic E-state index is 0.00872. The molecule has 0 aliphatic heterocycles. The van der Waals surface area contributed by atoms with Gasteiger partial charge in [0.1, 0.15) is 47.0 Å². The molecule has 12 fully saturated rings. The highest BCUT2D eigenvalue weighted by Crippen LogP contribution is 2.63. The lowest BCUT2D eigenvalue weighted by atomic mass is 9.49. The van der Waals surface area contributed by atoms with Crippen LogP contribution in [0.4, 0.5) is 17.6 Å². The van der Waals surface area contributed by atoms with Crippen molar-refractivity contribution in [2.45, 2.75) is 280 Å². The van der Waals surface area contributed by atoms with Crippen LogP contribution in [0.15, 0.2) is 97.1 Å². The smallest absolute Gasteiger partial charge is 0.140 e. The van der Waals surface area contributed by atoms with Crippen LogP contribution in [0.25, 0.3) is 0 Å². The number of carbonyl (C=O) groups excluding carboxylic acids is 2. The number of hydrogen-bond acceptors (Lipinski definition) is 4. The first-order valence-corrected chi connectivity index (χ1v) is 38.8. The summed E-state index contributed by atoms with van der Waals surface area (Å²) in [6.45, 7) is 0. The molecule has 8 bridgehead atoms. The Balaban J connectivity index is 0.000000192. The fourth-order valence-electron chi connectivity index (χ4n) is 21.1. The molecular weight excluding hydrogens is 1220 g/mol. The summed E-state index contributed by atoms with van der Waals surface area (Å²) in [7, 11) is 3.29. The first kappa shape index (κ1) is 71.4. The third kappa shape index (κ3) is 18.1. The summed E-state index contributed by atoms with van der Waals surface area (Å²) in [6, 6.07) is 28.8. The Bertz CT molecular complexity index is 2700. The summed E-state index contributed by atoms with van der Waals surface area (Å²) < 4.78 is 68.2. The second-order valence-corrected chi connectivity index (χ2v) is 33.5. The Hall–Kier alpha value is -3.88. The molecule has 0 saturated heterocycles. The number of halogens is 6. The summed E-state index contributed by atoms with van der Waals surface area (Å²) in [5.41, 5.74) is 4.64. The molecule has 12 saturated carbocycles. The van der Waals surface area contributed by atoms with Gasteiger partial charge in [-0.2, -0.15) is 0 Å².